The summed E-state index contributed by atoms with van der Waals surface area (Å²) in [4.78, 5) is 14.6. The molecule has 0 bridgehead atoms. The van der Waals surface area contributed by atoms with Crippen LogP contribution >= 0.6 is 0 Å². The molecule has 0 saturated heterocycles. The molecule has 76 valence electrons. The van der Waals surface area contributed by atoms with E-state index in [2.05, 4.69) is 10.1 Å². The lowest BCUT2D eigenvalue weighted by Gasteiger charge is -2.00. The first-order chi connectivity index (χ1) is 7.16. The molecule has 1 amide bonds. The van der Waals surface area contributed by atoms with Gasteiger partial charge in [-0.15, -0.1) is 5.10 Å². The minimum atomic E-state index is -0.459. The average molecular weight is 203 g/mol. The summed E-state index contributed by atoms with van der Waals surface area (Å²) in [6.07, 6.45) is 1.49. The molecule has 4 N–H and O–H groups in total. The number of aromatic nitrogens is 3. The molecule has 0 aliphatic heterocycles. The lowest BCUT2D eigenvalue weighted by molar-refractivity contribution is 0.100. The molecule has 0 aliphatic rings. The largest absolute Gasteiger partial charge is 0.366 e. The molecule has 2 rings (SSSR count). The van der Waals surface area contributed by atoms with Crippen LogP contribution in [0.25, 0.3) is 5.69 Å². The Morgan fingerprint density at radius 1 is 1.27 bits per heavy atom. The molecule has 6 nitrogen and oxygen atoms in total. The van der Waals surface area contributed by atoms with Gasteiger partial charge in [-0.25, -0.2) is 9.67 Å². The molecule has 6 heteroatoms. The van der Waals surface area contributed by atoms with E-state index < -0.39 is 5.91 Å². The predicted octanol–water partition coefficient (Wildman–Crippen LogP) is -0.0516. The van der Waals surface area contributed by atoms with Crippen molar-refractivity contribution < 1.29 is 4.79 Å². The molecule has 0 saturated carbocycles. The monoisotopic (exact) mass is 203 g/mol. The summed E-state index contributed by atoms with van der Waals surface area (Å²) >= 11 is 0. The Labute approximate surface area is 85.5 Å². The number of hydrogen-bond acceptors (Lipinski definition) is 4. The van der Waals surface area contributed by atoms with Gasteiger partial charge in [-0.3, -0.25) is 4.79 Å². The van der Waals surface area contributed by atoms with Crippen LogP contribution in [0.15, 0.2) is 30.6 Å². The summed E-state index contributed by atoms with van der Waals surface area (Å²) in [5.74, 6) is -0.256. The highest BCUT2D eigenvalue weighted by Crippen LogP contribution is 2.08. The van der Waals surface area contributed by atoms with E-state index in [1.165, 1.54) is 11.0 Å². The zero-order valence-electron chi connectivity index (χ0n) is 7.79. The fourth-order valence-corrected chi connectivity index (χ4v) is 1.18. The molecule has 0 atom stereocenters. The van der Waals surface area contributed by atoms with Gasteiger partial charge in [0.1, 0.15) is 6.33 Å². The lowest BCUT2D eigenvalue weighted by Crippen LogP contribution is -2.10. The second-order valence-electron chi connectivity index (χ2n) is 2.96. The highest BCUT2D eigenvalue weighted by molar-refractivity contribution is 5.92. The number of nitrogen functional groups attached to an aromatic ring is 1. The van der Waals surface area contributed by atoms with Crippen LogP contribution in [0.2, 0.25) is 0 Å². The van der Waals surface area contributed by atoms with Gasteiger partial charge in [0.05, 0.1) is 5.69 Å². The van der Waals surface area contributed by atoms with Crippen LogP contribution in [0, 0.1) is 0 Å². The van der Waals surface area contributed by atoms with Gasteiger partial charge in [0, 0.05) is 5.56 Å². The number of hydrogen-bond donors (Lipinski definition) is 2. The van der Waals surface area contributed by atoms with Gasteiger partial charge in [-0.2, -0.15) is 0 Å². The van der Waals surface area contributed by atoms with Crippen molar-refractivity contribution in [2.75, 3.05) is 5.73 Å². The maximum atomic E-state index is 10.8. The van der Waals surface area contributed by atoms with Crippen molar-refractivity contribution in [2.24, 2.45) is 5.73 Å². The molecule has 0 fully saturated rings. The van der Waals surface area contributed by atoms with E-state index in [4.69, 9.17) is 11.5 Å². The number of anilines is 1. The second kappa shape index (κ2) is 3.41. The maximum Gasteiger partial charge on any atom is 0.248 e. The third-order valence-electron chi connectivity index (χ3n) is 1.93. The van der Waals surface area contributed by atoms with Crippen molar-refractivity contribution in [2.45, 2.75) is 0 Å². The maximum absolute atomic E-state index is 10.8. The third kappa shape index (κ3) is 1.78. The fraction of sp³-hybridized carbons (Fsp3) is 0. The molecule has 15 heavy (non-hydrogen) atoms. The number of amides is 1. The molecule has 0 unspecified atom stereocenters. The highest BCUT2D eigenvalue weighted by Gasteiger charge is 2.02. The minimum Gasteiger partial charge on any atom is -0.366 e. The summed E-state index contributed by atoms with van der Waals surface area (Å²) < 4.78 is 1.51. The van der Waals surface area contributed by atoms with Crippen LogP contribution in [0.4, 0.5) is 5.95 Å². The normalized spacial score (nSPS) is 10.1. The molecule has 0 radical (unpaired) electrons. The van der Waals surface area contributed by atoms with Crippen LogP contribution in [0.1, 0.15) is 10.4 Å². The van der Waals surface area contributed by atoms with E-state index in [9.17, 15) is 4.79 Å². The predicted molar refractivity (Wildman–Crippen MR) is 54.3 cm³/mol. The van der Waals surface area contributed by atoms with Crippen molar-refractivity contribution in [3.63, 3.8) is 0 Å². The van der Waals surface area contributed by atoms with Gasteiger partial charge >= 0.3 is 0 Å². The van der Waals surface area contributed by atoms with Crippen LogP contribution in [-0.2, 0) is 0 Å². The molecule has 0 aliphatic carbocycles. The summed E-state index contributed by atoms with van der Waals surface area (Å²) in [6, 6.07) is 6.67. The Hall–Kier alpha value is -2.37. The number of rotatable bonds is 2. The van der Waals surface area contributed by atoms with Gasteiger partial charge in [0.2, 0.25) is 11.9 Å². The quantitative estimate of drug-likeness (QED) is 0.714. The number of carbonyl (C=O) groups is 1. The van der Waals surface area contributed by atoms with Gasteiger partial charge in [-0.1, -0.05) is 0 Å². The minimum absolute atomic E-state index is 0.203. The second-order valence-corrected chi connectivity index (χ2v) is 2.96. The van der Waals surface area contributed by atoms with E-state index in [-0.39, 0.29) is 5.95 Å². The first kappa shape index (κ1) is 9.20. The Bertz CT molecular complexity index is 487. The van der Waals surface area contributed by atoms with Crippen molar-refractivity contribution in [3.05, 3.63) is 36.2 Å². The first-order valence-electron chi connectivity index (χ1n) is 4.24. The first-order valence-corrected chi connectivity index (χ1v) is 4.24. The highest BCUT2D eigenvalue weighted by atomic mass is 16.1. The van der Waals surface area contributed by atoms with Crippen LogP contribution < -0.4 is 11.5 Å². The number of nitrogens with zero attached hydrogens (tertiary/aromatic N) is 3. The number of primary amides is 1. The molecule has 1 heterocycles. The van der Waals surface area contributed by atoms with Gasteiger partial charge in [-0.05, 0) is 24.3 Å². The van der Waals surface area contributed by atoms with E-state index in [0.717, 1.165) is 5.69 Å². The topological polar surface area (TPSA) is 99.8 Å². The molecule has 0 spiro atoms. The Balaban J connectivity index is 2.35. The summed E-state index contributed by atoms with van der Waals surface area (Å²) in [6.45, 7) is 0. The summed E-state index contributed by atoms with van der Waals surface area (Å²) in [5.41, 5.74) is 11.7. The van der Waals surface area contributed by atoms with Gasteiger partial charge in [0.15, 0.2) is 0 Å². The van der Waals surface area contributed by atoms with Crippen molar-refractivity contribution in [1.82, 2.24) is 14.8 Å². The van der Waals surface area contributed by atoms with E-state index >= 15 is 0 Å². The number of carbonyl (C=O) groups excluding carboxylic acids is 1. The van der Waals surface area contributed by atoms with E-state index in [1.54, 1.807) is 24.3 Å². The Kier molecular flexibility index (Phi) is 2.09. The van der Waals surface area contributed by atoms with Crippen molar-refractivity contribution in [1.29, 1.82) is 0 Å². The standard InChI is InChI=1S/C9H9N5O/c10-8(15)6-1-3-7(4-2-6)14-5-12-9(11)13-14/h1-5H,(H2,10,15)(H2,11,13). The summed E-state index contributed by atoms with van der Waals surface area (Å²) in [5, 5.41) is 3.92. The fourth-order valence-electron chi connectivity index (χ4n) is 1.18. The lowest BCUT2D eigenvalue weighted by atomic mass is 10.2. The SMILES string of the molecule is NC(=O)c1ccc(-n2cnc(N)n2)cc1. The molecule has 1 aromatic carbocycles. The van der Waals surface area contributed by atoms with Crippen LogP contribution in [-0.4, -0.2) is 20.7 Å². The Morgan fingerprint density at radius 3 is 2.40 bits per heavy atom. The van der Waals surface area contributed by atoms with Crippen LogP contribution in [0.5, 0.6) is 0 Å². The van der Waals surface area contributed by atoms with Crippen molar-refractivity contribution >= 4 is 11.9 Å². The average Bonchev–Trinajstić information content (AvgIpc) is 2.65. The smallest absolute Gasteiger partial charge is 0.248 e. The van der Waals surface area contributed by atoms with Gasteiger partial charge < -0.3 is 11.5 Å². The third-order valence-corrected chi connectivity index (χ3v) is 1.93. The molecule has 1 aromatic heterocycles. The molecular weight excluding hydrogens is 194 g/mol. The van der Waals surface area contributed by atoms with Crippen LogP contribution in [0.3, 0.4) is 0 Å². The molecular formula is C9H9N5O. The van der Waals surface area contributed by atoms with E-state index in [1.807, 2.05) is 0 Å². The Morgan fingerprint density at radius 2 is 1.93 bits per heavy atom. The van der Waals surface area contributed by atoms with E-state index in [0.29, 0.717) is 5.56 Å². The summed E-state index contributed by atoms with van der Waals surface area (Å²) in [7, 11) is 0. The zero-order valence-corrected chi connectivity index (χ0v) is 7.79. The van der Waals surface area contributed by atoms with Crippen molar-refractivity contribution in [3.8, 4) is 5.69 Å². The number of benzene rings is 1. The number of nitrogens with two attached hydrogens (primary N) is 2. The zero-order chi connectivity index (χ0) is 10.8. The van der Waals surface area contributed by atoms with Gasteiger partial charge in [0.25, 0.3) is 0 Å². The molecule has 2 aromatic rings.